The molecule has 0 spiro atoms. The van der Waals surface area contributed by atoms with Crippen molar-refractivity contribution in [2.45, 2.75) is 31.8 Å². The molecule has 0 N–H and O–H groups in total. The molecule has 2 aromatic carbocycles. The van der Waals surface area contributed by atoms with E-state index in [0.717, 1.165) is 15.8 Å². The molecule has 28 heavy (non-hydrogen) atoms. The standard InChI is InChI=1S/C21H16N2O4S/c24-12-8-9-16(17(25)10-12)23-11-14-13(20(23)26)4-3-6-18(14)27-21-22-15-5-1-2-7-19(15)28-21/h1-7,16H,8-11H2. The highest BCUT2D eigenvalue weighted by molar-refractivity contribution is 7.20. The van der Waals surface area contributed by atoms with Crippen LogP contribution < -0.4 is 4.74 Å². The van der Waals surface area contributed by atoms with Crippen LogP contribution in [0.1, 0.15) is 35.2 Å². The fourth-order valence-electron chi connectivity index (χ4n) is 3.85. The highest BCUT2D eigenvalue weighted by Crippen LogP contribution is 2.38. The van der Waals surface area contributed by atoms with E-state index in [-0.39, 0.29) is 23.9 Å². The van der Waals surface area contributed by atoms with Crippen molar-refractivity contribution in [3.05, 3.63) is 53.6 Å². The summed E-state index contributed by atoms with van der Waals surface area (Å²) in [5.74, 6) is 0.167. The number of benzene rings is 2. The molecule has 1 aromatic heterocycles. The maximum absolute atomic E-state index is 12.9. The molecule has 2 heterocycles. The Morgan fingerprint density at radius 2 is 1.93 bits per heavy atom. The van der Waals surface area contributed by atoms with Gasteiger partial charge in [0, 0.05) is 17.5 Å². The second-order valence-corrected chi connectivity index (χ2v) is 7.99. The number of thiazole rings is 1. The summed E-state index contributed by atoms with van der Waals surface area (Å²) in [6.07, 6.45) is 0.650. The van der Waals surface area contributed by atoms with Gasteiger partial charge in [0.2, 0.25) is 0 Å². The zero-order valence-electron chi connectivity index (χ0n) is 14.9. The number of ketones is 2. The van der Waals surface area contributed by atoms with Crippen molar-refractivity contribution in [1.82, 2.24) is 9.88 Å². The number of hydrogen-bond acceptors (Lipinski definition) is 6. The van der Waals surface area contributed by atoms with E-state index in [1.807, 2.05) is 30.3 Å². The zero-order chi connectivity index (χ0) is 19.3. The van der Waals surface area contributed by atoms with E-state index >= 15 is 0 Å². The number of nitrogens with zero attached hydrogens (tertiary/aromatic N) is 2. The molecule has 1 amide bonds. The van der Waals surface area contributed by atoms with E-state index in [2.05, 4.69) is 4.98 Å². The molecule has 1 saturated carbocycles. The largest absolute Gasteiger partial charge is 0.430 e. The maximum atomic E-state index is 12.9. The van der Waals surface area contributed by atoms with Crippen LogP contribution in [-0.4, -0.2) is 33.4 Å². The lowest BCUT2D eigenvalue weighted by Crippen LogP contribution is -2.44. The molecule has 2 aliphatic rings. The van der Waals surface area contributed by atoms with E-state index in [9.17, 15) is 14.4 Å². The van der Waals surface area contributed by atoms with Gasteiger partial charge in [0.05, 0.1) is 29.2 Å². The molecule has 140 valence electrons. The lowest BCUT2D eigenvalue weighted by molar-refractivity contribution is -0.133. The molecule has 0 bridgehead atoms. The molecule has 1 fully saturated rings. The predicted molar refractivity (Wildman–Crippen MR) is 104 cm³/mol. The van der Waals surface area contributed by atoms with Crippen molar-refractivity contribution in [3.8, 4) is 10.9 Å². The van der Waals surface area contributed by atoms with E-state index in [1.54, 1.807) is 17.0 Å². The summed E-state index contributed by atoms with van der Waals surface area (Å²) in [5.41, 5.74) is 2.17. The van der Waals surface area contributed by atoms with Gasteiger partial charge in [0.15, 0.2) is 5.78 Å². The van der Waals surface area contributed by atoms with E-state index in [4.69, 9.17) is 4.74 Å². The third-order valence-corrected chi connectivity index (χ3v) is 6.15. The van der Waals surface area contributed by atoms with Crippen molar-refractivity contribution in [2.24, 2.45) is 0 Å². The number of amides is 1. The molecular weight excluding hydrogens is 376 g/mol. The first-order valence-corrected chi connectivity index (χ1v) is 9.92. The molecule has 0 radical (unpaired) electrons. The van der Waals surface area contributed by atoms with Crippen LogP contribution in [0, 0.1) is 0 Å². The van der Waals surface area contributed by atoms with Crippen LogP contribution in [0.3, 0.4) is 0 Å². The van der Waals surface area contributed by atoms with Gasteiger partial charge >= 0.3 is 0 Å². The highest BCUT2D eigenvalue weighted by atomic mass is 32.1. The second kappa shape index (κ2) is 6.53. The monoisotopic (exact) mass is 392 g/mol. The molecule has 1 atom stereocenters. The molecule has 7 heteroatoms. The quantitative estimate of drug-likeness (QED) is 0.635. The average molecular weight is 392 g/mol. The van der Waals surface area contributed by atoms with Gasteiger partial charge in [-0.1, -0.05) is 29.5 Å². The van der Waals surface area contributed by atoms with E-state index in [0.29, 0.717) is 35.9 Å². The van der Waals surface area contributed by atoms with Gasteiger partial charge in [-0.2, -0.15) is 0 Å². The van der Waals surface area contributed by atoms with Crippen molar-refractivity contribution >= 4 is 39.0 Å². The van der Waals surface area contributed by atoms with Gasteiger partial charge in [-0.15, -0.1) is 0 Å². The van der Waals surface area contributed by atoms with Gasteiger partial charge in [0.1, 0.15) is 11.5 Å². The SMILES string of the molecule is O=C1CCC(N2Cc3c(Oc4nc5ccccc5s4)cccc3C2=O)C(=O)C1. The Labute approximate surface area is 164 Å². The van der Waals surface area contributed by atoms with Gasteiger partial charge in [-0.25, -0.2) is 4.98 Å². The lowest BCUT2D eigenvalue weighted by Gasteiger charge is -2.29. The Kier molecular flexibility index (Phi) is 3.98. The average Bonchev–Trinajstić information content (AvgIpc) is 3.23. The molecule has 1 aliphatic carbocycles. The molecule has 6 nitrogen and oxygen atoms in total. The maximum Gasteiger partial charge on any atom is 0.279 e. The number of para-hydroxylation sites is 1. The van der Waals surface area contributed by atoms with Crippen molar-refractivity contribution in [2.75, 3.05) is 0 Å². The van der Waals surface area contributed by atoms with E-state index < -0.39 is 6.04 Å². The summed E-state index contributed by atoms with van der Waals surface area (Å²) in [5, 5.41) is 0.514. The fourth-order valence-corrected chi connectivity index (χ4v) is 4.68. The summed E-state index contributed by atoms with van der Waals surface area (Å²) < 4.78 is 7.05. The van der Waals surface area contributed by atoms with Crippen LogP contribution >= 0.6 is 11.3 Å². The second-order valence-electron chi connectivity index (χ2n) is 7.00. The molecule has 0 saturated heterocycles. The van der Waals surface area contributed by atoms with Crippen LogP contribution in [0.25, 0.3) is 10.2 Å². The number of aromatic nitrogens is 1. The minimum Gasteiger partial charge on any atom is -0.430 e. The molecular formula is C21H16N2O4S. The van der Waals surface area contributed by atoms with Crippen LogP contribution in [0.2, 0.25) is 0 Å². The number of carbonyl (C=O) groups is 3. The van der Waals surface area contributed by atoms with Gasteiger partial charge in [0.25, 0.3) is 11.1 Å². The number of Topliss-reactive ketones (excluding diaryl/α,β-unsaturated/α-hetero) is 2. The molecule has 5 rings (SSSR count). The number of fused-ring (bicyclic) bond motifs is 2. The Hall–Kier alpha value is -3.06. The van der Waals surface area contributed by atoms with Crippen LogP contribution in [0.5, 0.6) is 10.9 Å². The van der Waals surface area contributed by atoms with E-state index in [1.165, 1.54) is 11.3 Å². The van der Waals surface area contributed by atoms with Crippen molar-refractivity contribution in [3.63, 3.8) is 0 Å². The first-order chi connectivity index (χ1) is 13.6. The lowest BCUT2D eigenvalue weighted by atomic mass is 9.92. The first kappa shape index (κ1) is 17.1. The Morgan fingerprint density at radius 3 is 2.75 bits per heavy atom. The van der Waals surface area contributed by atoms with Crippen molar-refractivity contribution in [1.29, 1.82) is 0 Å². The first-order valence-electron chi connectivity index (χ1n) is 9.11. The Balaban J connectivity index is 1.44. The topological polar surface area (TPSA) is 76.6 Å². The number of hydrogen-bond donors (Lipinski definition) is 0. The summed E-state index contributed by atoms with van der Waals surface area (Å²) in [4.78, 5) is 42.8. The third kappa shape index (κ3) is 2.79. The van der Waals surface area contributed by atoms with Gasteiger partial charge in [-0.05, 0) is 30.7 Å². The minimum absolute atomic E-state index is 0.0507. The minimum atomic E-state index is -0.534. The summed E-state index contributed by atoms with van der Waals surface area (Å²) >= 11 is 1.44. The Bertz CT molecular complexity index is 1100. The Morgan fingerprint density at radius 1 is 1.07 bits per heavy atom. The van der Waals surface area contributed by atoms with Crippen LogP contribution in [-0.2, 0) is 16.1 Å². The highest BCUT2D eigenvalue weighted by Gasteiger charge is 2.40. The number of ether oxygens (including phenoxy) is 1. The van der Waals surface area contributed by atoms with Gasteiger partial charge in [-0.3, -0.25) is 14.4 Å². The van der Waals surface area contributed by atoms with Gasteiger partial charge < -0.3 is 9.64 Å². The summed E-state index contributed by atoms with van der Waals surface area (Å²) in [7, 11) is 0. The number of carbonyl (C=O) groups excluding carboxylic acids is 3. The normalized spacial score (nSPS) is 19.4. The summed E-state index contributed by atoms with van der Waals surface area (Å²) in [6.45, 7) is 0.305. The molecule has 1 unspecified atom stereocenters. The van der Waals surface area contributed by atoms with Crippen LogP contribution in [0.4, 0.5) is 0 Å². The van der Waals surface area contributed by atoms with Crippen molar-refractivity contribution < 1.29 is 19.1 Å². The third-order valence-electron chi connectivity index (χ3n) is 5.24. The fraction of sp³-hybridized carbons (Fsp3) is 0.238. The smallest absolute Gasteiger partial charge is 0.279 e. The predicted octanol–water partition coefficient (Wildman–Crippen LogP) is 3.74. The van der Waals surface area contributed by atoms with Crippen LogP contribution in [0.15, 0.2) is 42.5 Å². The molecule has 1 aliphatic heterocycles. The zero-order valence-corrected chi connectivity index (χ0v) is 15.7. The summed E-state index contributed by atoms with van der Waals surface area (Å²) in [6, 6.07) is 12.6. The number of rotatable bonds is 3. The molecule has 3 aromatic rings.